The van der Waals surface area contributed by atoms with E-state index in [4.69, 9.17) is 0 Å². The molecule has 1 N–H and O–H groups in total. The van der Waals surface area contributed by atoms with Crippen LogP contribution in [0.25, 0.3) is 0 Å². The first-order valence-corrected chi connectivity index (χ1v) is 8.97. The fourth-order valence-corrected chi connectivity index (χ4v) is 4.38. The van der Waals surface area contributed by atoms with Gasteiger partial charge < -0.3 is 5.32 Å². The van der Waals surface area contributed by atoms with E-state index in [0.29, 0.717) is 0 Å². The normalized spacial score (nSPS) is 23.2. The summed E-state index contributed by atoms with van der Waals surface area (Å²) in [5.41, 5.74) is 1.42. The van der Waals surface area contributed by atoms with Crippen molar-refractivity contribution in [2.24, 2.45) is 11.8 Å². The highest BCUT2D eigenvalue weighted by atomic mass is 32.2. The van der Waals surface area contributed by atoms with Crippen LogP contribution in [0, 0.1) is 11.8 Å². The first kappa shape index (κ1) is 15.9. The van der Waals surface area contributed by atoms with Crippen LogP contribution < -0.4 is 5.32 Å². The van der Waals surface area contributed by atoms with Gasteiger partial charge in [0.05, 0.1) is 0 Å². The van der Waals surface area contributed by atoms with E-state index >= 15 is 0 Å². The lowest BCUT2D eigenvalue weighted by atomic mass is 9.91. The second-order valence-corrected chi connectivity index (χ2v) is 8.06. The summed E-state index contributed by atoms with van der Waals surface area (Å²) in [6, 6.07) is 9.09. The van der Waals surface area contributed by atoms with Crippen LogP contribution >= 0.6 is 11.8 Å². The van der Waals surface area contributed by atoms with Crippen LogP contribution in [0.2, 0.25) is 0 Å². The quantitative estimate of drug-likeness (QED) is 0.782. The van der Waals surface area contributed by atoms with Crippen LogP contribution in [-0.2, 0) is 6.54 Å². The Balaban J connectivity index is 1.85. The molecule has 1 aromatic carbocycles. The third-order valence-corrected chi connectivity index (χ3v) is 5.26. The molecule has 0 heterocycles. The van der Waals surface area contributed by atoms with Crippen molar-refractivity contribution < 1.29 is 0 Å². The van der Waals surface area contributed by atoms with E-state index < -0.39 is 0 Å². The topological polar surface area (TPSA) is 12.0 Å². The zero-order valence-corrected chi connectivity index (χ0v) is 14.0. The van der Waals surface area contributed by atoms with Gasteiger partial charge in [0.2, 0.25) is 0 Å². The van der Waals surface area contributed by atoms with E-state index in [1.807, 2.05) is 0 Å². The zero-order valence-electron chi connectivity index (χ0n) is 13.2. The molecule has 2 atom stereocenters. The second-order valence-electron chi connectivity index (χ2n) is 6.68. The van der Waals surface area contributed by atoms with Gasteiger partial charge in [-0.05, 0) is 48.9 Å². The van der Waals surface area contributed by atoms with Crippen molar-refractivity contribution in [3.8, 4) is 0 Å². The molecule has 1 fully saturated rings. The first-order chi connectivity index (χ1) is 9.63. The standard InChI is InChI=1S/C18H29NS/c1-14(2)12-19-13-16-7-5-9-18(11-16)20-17-8-4-6-15(3)10-17/h5,7,9,11,14-15,17,19H,4,6,8,10,12-13H2,1-3H3. The maximum Gasteiger partial charge on any atom is 0.0206 e. The molecule has 0 radical (unpaired) electrons. The number of nitrogens with one attached hydrogen (secondary N) is 1. The number of hydrogen-bond acceptors (Lipinski definition) is 2. The fourth-order valence-electron chi connectivity index (χ4n) is 2.91. The lowest BCUT2D eigenvalue weighted by molar-refractivity contribution is 0.394. The molecule has 112 valence electrons. The van der Waals surface area contributed by atoms with Gasteiger partial charge >= 0.3 is 0 Å². The smallest absolute Gasteiger partial charge is 0.0206 e. The molecule has 0 aromatic heterocycles. The maximum absolute atomic E-state index is 3.53. The van der Waals surface area contributed by atoms with Gasteiger partial charge in [0.1, 0.15) is 0 Å². The Bertz CT molecular complexity index is 402. The molecule has 2 heteroatoms. The Hall–Kier alpha value is -0.470. The van der Waals surface area contributed by atoms with E-state index in [0.717, 1.165) is 30.2 Å². The minimum absolute atomic E-state index is 0.719. The van der Waals surface area contributed by atoms with Crippen LogP contribution in [0.15, 0.2) is 29.2 Å². The molecule has 1 aliphatic carbocycles. The minimum atomic E-state index is 0.719. The van der Waals surface area contributed by atoms with E-state index in [1.54, 1.807) is 0 Å². The number of benzene rings is 1. The van der Waals surface area contributed by atoms with Gasteiger partial charge in [-0.25, -0.2) is 0 Å². The van der Waals surface area contributed by atoms with E-state index in [9.17, 15) is 0 Å². The number of hydrogen-bond donors (Lipinski definition) is 1. The monoisotopic (exact) mass is 291 g/mol. The van der Waals surface area contributed by atoms with Crippen molar-refractivity contribution in [1.29, 1.82) is 0 Å². The van der Waals surface area contributed by atoms with Gasteiger partial charge in [-0.2, -0.15) is 0 Å². The molecular formula is C18H29NS. The van der Waals surface area contributed by atoms with E-state index in [-0.39, 0.29) is 0 Å². The predicted octanol–water partition coefficient (Wildman–Crippen LogP) is 5.10. The van der Waals surface area contributed by atoms with Crippen molar-refractivity contribution in [1.82, 2.24) is 5.32 Å². The van der Waals surface area contributed by atoms with Gasteiger partial charge in [0.25, 0.3) is 0 Å². The molecule has 1 saturated carbocycles. The van der Waals surface area contributed by atoms with Gasteiger partial charge in [0, 0.05) is 16.7 Å². The van der Waals surface area contributed by atoms with Crippen molar-refractivity contribution in [2.45, 2.75) is 63.1 Å². The third-order valence-electron chi connectivity index (χ3n) is 3.97. The molecule has 0 aliphatic heterocycles. The highest BCUT2D eigenvalue weighted by molar-refractivity contribution is 8.00. The van der Waals surface area contributed by atoms with Crippen LogP contribution in [-0.4, -0.2) is 11.8 Å². The lowest BCUT2D eigenvalue weighted by Crippen LogP contribution is -2.19. The maximum atomic E-state index is 3.53. The molecule has 0 bridgehead atoms. The van der Waals surface area contributed by atoms with Crippen LogP contribution in [0.5, 0.6) is 0 Å². The van der Waals surface area contributed by atoms with E-state index in [2.05, 4.69) is 62.1 Å². The average molecular weight is 292 g/mol. The summed E-state index contributed by atoms with van der Waals surface area (Å²) in [5.74, 6) is 1.63. The molecule has 2 unspecified atom stereocenters. The van der Waals surface area contributed by atoms with Crippen molar-refractivity contribution in [3.63, 3.8) is 0 Å². The van der Waals surface area contributed by atoms with Crippen LogP contribution in [0.1, 0.15) is 52.0 Å². The summed E-state index contributed by atoms with van der Waals surface area (Å²) in [6.07, 6.45) is 5.62. The summed E-state index contributed by atoms with van der Waals surface area (Å²) < 4.78 is 0. The summed E-state index contributed by atoms with van der Waals surface area (Å²) in [5, 5.41) is 4.36. The summed E-state index contributed by atoms with van der Waals surface area (Å²) >= 11 is 2.09. The zero-order chi connectivity index (χ0) is 14.4. The van der Waals surface area contributed by atoms with Crippen molar-refractivity contribution in [3.05, 3.63) is 29.8 Å². The summed E-state index contributed by atoms with van der Waals surface area (Å²) in [7, 11) is 0. The Labute approximate surface area is 128 Å². The molecule has 20 heavy (non-hydrogen) atoms. The molecule has 2 rings (SSSR count). The number of rotatable bonds is 6. The first-order valence-electron chi connectivity index (χ1n) is 8.10. The molecular weight excluding hydrogens is 262 g/mol. The Morgan fingerprint density at radius 3 is 2.90 bits per heavy atom. The highest BCUT2D eigenvalue weighted by Crippen LogP contribution is 2.36. The van der Waals surface area contributed by atoms with E-state index in [1.165, 1.54) is 36.1 Å². The molecule has 0 spiro atoms. The number of thioether (sulfide) groups is 1. The molecule has 0 saturated heterocycles. The van der Waals surface area contributed by atoms with Crippen molar-refractivity contribution >= 4 is 11.8 Å². The molecule has 0 amide bonds. The largest absolute Gasteiger partial charge is 0.312 e. The van der Waals surface area contributed by atoms with Gasteiger partial charge in [-0.1, -0.05) is 45.7 Å². The van der Waals surface area contributed by atoms with Gasteiger partial charge in [-0.3, -0.25) is 0 Å². The highest BCUT2D eigenvalue weighted by Gasteiger charge is 2.19. The Morgan fingerprint density at radius 2 is 2.15 bits per heavy atom. The molecule has 1 nitrogen and oxygen atoms in total. The Kier molecular flexibility index (Phi) is 6.44. The predicted molar refractivity (Wildman–Crippen MR) is 90.3 cm³/mol. The minimum Gasteiger partial charge on any atom is -0.312 e. The fraction of sp³-hybridized carbons (Fsp3) is 0.667. The Morgan fingerprint density at radius 1 is 1.30 bits per heavy atom. The SMILES string of the molecule is CC(C)CNCc1cccc(SC2CCCC(C)C2)c1. The van der Waals surface area contributed by atoms with Crippen LogP contribution in [0.3, 0.4) is 0 Å². The van der Waals surface area contributed by atoms with Crippen LogP contribution in [0.4, 0.5) is 0 Å². The summed E-state index contributed by atoms with van der Waals surface area (Å²) in [4.78, 5) is 1.45. The summed E-state index contributed by atoms with van der Waals surface area (Å²) in [6.45, 7) is 9.00. The third kappa shape index (κ3) is 5.49. The lowest BCUT2D eigenvalue weighted by Gasteiger charge is -2.26. The van der Waals surface area contributed by atoms with Crippen molar-refractivity contribution in [2.75, 3.05) is 6.54 Å². The van der Waals surface area contributed by atoms with Gasteiger partial charge in [-0.15, -0.1) is 11.8 Å². The second kappa shape index (κ2) is 8.09. The van der Waals surface area contributed by atoms with Gasteiger partial charge in [0.15, 0.2) is 0 Å². The molecule has 1 aromatic rings. The average Bonchev–Trinajstić information content (AvgIpc) is 2.39. The molecule has 1 aliphatic rings.